The molecule has 1 heterocycles. The molecule has 23 heavy (non-hydrogen) atoms. The molecule has 0 radical (unpaired) electrons. The van der Waals surface area contributed by atoms with E-state index in [2.05, 4.69) is 5.32 Å². The Morgan fingerprint density at radius 1 is 1.30 bits per heavy atom. The number of ether oxygens (including phenoxy) is 1. The number of hydrogen-bond donors (Lipinski definition) is 3. The molecule has 0 aromatic heterocycles. The number of fused-ring (bicyclic) bond motifs is 1. The minimum atomic E-state index is -1.04. The van der Waals surface area contributed by atoms with Gasteiger partial charge in [-0.1, -0.05) is 26.8 Å². The lowest BCUT2D eigenvalue weighted by atomic mass is 9.86. The fourth-order valence-electron chi connectivity index (χ4n) is 2.59. The summed E-state index contributed by atoms with van der Waals surface area (Å²) in [5.41, 5.74) is 0.919. The summed E-state index contributed by atoms with van der Waals surface area (Å²) in [6, 6.07) is 4.84. The van der Waals surface area contributed by atoms with Gasteiger partial charge < -0.3 is 20.3 Å². The van der Waals surface area contributed by atoms with Crippen LogP contribution >= 0.6 is 0 Å². The number of amides is 1. The summed E-state index contributed by atoms with van der Waals surface area (Å²) in [6.07, 6.45) is -1.04. The van der Waals surface area contributed by atoms with Crippen LogP contribution in [0.1, 0.15) is 36.7 Å². The number of aromatic hydroxyl groups is 1. The fourth-order valence-corrected chi connectivity index (χ4v) is 2.59. The Morgan fingerprint density at radius 2 is 2.00 bits per heavy atom. The van der Waals surface area contributed by atoms with E-state index in [0.717, 1.165) is 5.56 Å². The van der Waals surface area contributed by atoms with Gasteiger partial charge in [0.05, 0.1) is 11.3 Å². The van der Waals surface area contributed by atoms with Crippen molar-refractivity contribution in [2.24, 2.45) is 0 Å². The van der Waals surface area contributed by atoms with E-state index in [9.17, 15) is 19.8 Å². The third-order valence-electron chi connectivity index (χ3n) is 4.10. The second-order valence-electron chi connectivity index (χ2n) is 6.90. The van der Waals surface area contributed by atoms with Crippen molar-refractivity contribution in [2.75, 3.05) is 0 Å². The van der Waals surface area contributed by atoms with Crippen molar-refractivity contribution >= 4 is 11.7 Å². The minimum Gasteiger partial charge on any atom is -0.507 e. The summed E-state index contributed by atoms with van der Waals surface area (Å²) in [4.78, 5) is 23.9. The normalized spacial score (nSPS) is 26.3. The van der Waals surface area contributed by atoms with Gasteiger partial charge in [0.2, 0.25) is 0 Å². The molecule has 1 aliphatic carbocycles. The summed E-state index contributed by atoms with van der Waals surface area (Å²) < 4.78 is 5.04. The van der Waals surface area contributed by atoms with Crippen LogP contribution in [-0.4, -0.2) is 40.2 Å². The van der Waals surface area contributed by atoms with Crippen LogP contribution in [0.5, 0.6) is 5.75 Å². The number of carbonyl (C=O) groups is 2. The number of epoxide rings is 1. The maximum atomic E-state index is 12.3. The van der Waals surface area contributed by atoms with Gasteiger partial charge in [-0.2, -0.15) is 0 Å². The molecule has 1 amide bonds. The monoisotopic (exact) mass is 317 g/mol. The molecule has 1 aromatic rings. The number of carbonyl (C=O) groups excluding carboxylic acids is 2. The summed E-state index contributed by atoms with van der Waals surface area (Å²) in [6.45, 7) is 6.01. The van der Waals surface area contributed by atoms with Crippen LogP contribution in [0.4, 0.5) is 0 Å². The topological polar surface area (TPSA) is 99.2 Å². The van der Waals surface area contributed by atoms with Crippen LogP contribution in [0.3, 0.4) is 0 Å². The van der Waals surface area contributed by atoms with Crippen molar-refractivity contribution in [3.63, 3.8) is 0 Å². The van der Waals surface area contributed by atoms with Gasteiger partial charge in [-0.05, 0) is 23.1 Å². The van der Waals surface area contributed by atoms with Crippen LogP contribution < -0.4 is 5.32 Å². The van der Waals surface area contributed by atoms with Gasteiger partial charge >= 0.3 is 0 Å². The number of rotatable bonds is 2. The number of nitrogens with one attached hydrogen (secondary N) is 1. The first-order valence-corrected chi connectivity index (χ1v) is 7.42. The highest BCUT2D eigenvalue weighted by molar-refractivity contribution is 6.01. The van der Waals surface area contributed by atoms with E-state index in [1.807, 2.05) is 20.8 Å². The molecule has 1 fully saturated rings. The zero-order valence-corrected chi connectivity index (χ0v) is 13.2. The Balaban J connectivity index is 1.80. The van der Waals surface area contributed by atoms with E-state index in [-0.39, 0.29) is 28.2 Å². The van der Waals surface area contributed by atoms with Crippen molar-refractivity contribution in [3.8, 4) is 5.75 Å². The largest absolute Gasteiger partial charge is 0.507 e. The van der Waals surface area contributed by atoms with Gasteiger partial charge in [0.25, 0.3) is 5.91 Å². The molecule has 3 atom stereocenters. The first-order chi connectivity index (χ1) is 10.7. The SMILES string of the molecule is CC(C)(C)c1ccc(C(=O)NC2=CC(=O)C3OC3C2O)c(O)c1. The second-order valence-corrected chi connectivity index (χ2v) is 6.90. The molecule has 0 bridgehead atoms. The van der Waals surface area contributed by atoms with Crippen molar-refractivity contribution in [1.29, 1.82) is 0 Å². The molecular weight excluding hydrogens is 298 g/mol. The molecule has 1 aromatic carbocycles. The van der Waals surface area contributed by atoms with E-state index in [4.69, 9.17) is 4.74 Å². The molecule has 3 rings (SSSR count). The molecule has 6 heteroatoms. The molecule has 0 saturated carbocycles. The summed E-state index contributed by atoms with van der Waals surface area (Å²) >= 11 is 0. The van der Waals surface area contributed by atoms with Gasteiger partial charge in [0, 0.05) is 6.08 Å². The van der Waals surface area contributed by atoms with Crippen LogP contribution in [-0.2, 0) is 14.9 Å². The molecule has 3 unspecified atom stereocenters. The molecule has 122 valence electrons. The van der Waals surface area contributed by atoms with Crippen molar-refractivity contribution < 1.29 is 24.5 Å². The molecule has 0 spiro atoms. The average molecular weight is 317 g/mol. The molecule has 1 aliphatic heterocycles. The number of ketones is 1. The lowest BCUT2D eigenvalue weighted by Gasteiger charge is -2.20. The predicted octanol–water partition coefficient (Wildman–Crippen LogP) is 1.01. The van der Waals surface area contributed by atoms with Crippen LogP contribution in [0, 0.1) is 0 Å². The highest BCUT2D eigenvalue weighted by atomic mass is 16.6. The lowest BCUT2D eigenvalue weighted by Crippen LogP contribution is -2.37. The lowest BCUT2D eigenvalue weighted by molar-refractivity contribution is -0.116. The van der Waals surface area contributed by atoms with Crippen LogP contribution in [0.2, 0.25) is 0 Å². The number of benzene rings is 1. The standard InChI is InChI=1S/C17H19NO5/c1-17(2,3)8-4-5-9(11(19)6-8)16(22)18-10-7-12(20)14-15(23-14)13(10)21/h4-7,13-15,19,21H,1-3H3,(H,18,22). The molecular formula is C17H19NO5. The number of hydrogen-bond acceptors (Lipinski definition) is 5. The highest BCUT2D eigenvalue weighted by Gasteiger charge is 2.53. The van der Waals surface area contributed by atoms with Gasteiger partial charge in [0.1, 0.15) is 24.1 Å². The minimum absolute atomic E-state index is 0.0809. The summed E-state index contributed by atoms with van der Waals surface area (Å²) in [5, 5.41) is 22.6. The van der Waals surface area contributed by atoms with E-state index in [1.165, 1.54) is 12.1 Å². The van der Waals surface area contributed by atoms with E-state index >= 15 is 0 Å². The van der Waals surface area contributed by atoms with E-state index in [1.54, 1.807) is 12.1 Å². The van der Waals surface area contributed by atoms with Gasteiger partial charge in [-0.3, -0.25) is 9.59 Å². The number of aliphatic hydroxyl groups is 1. The highest BCUT2D eigenvalue weighted by Crippen LogP contribution is 2.34. The Bertz CT molecular complexity index is 716. The Labute approximate surface area is 133 Å². The zero-order chi connectivity index (χ0) is 16.9. The molecule has 1 saturated heterocycles. The van der Waals surface area contributed by atoms with Crippen LogP contribution in [0.15, 0.2) is 30.0 Å². The number of aliphatic hydroxyl groups excluding tert-OH is 1. The molecule has 2 aliphatic rings. The summed E-state index contributed by atoms with van der Waals surface area (Å²) in [5.74, 6) is -1.00. The summed E-state index contributed by atoms with van der Waals surface area (Å²) in [7, 11) is 0. The quantitative estimate of drug-likeness (QED) is 0.707. The van der Waals surface area contributed by atoms with Gasteiger partial charge in [0.15, 0.2) is 5.78 Å². The smallest absolute Gasteiger partial charge is 0.259 e. The van der Waals surface area contributed by atoms with Gasteiger partial charge in [-0.25, -0.2) is 0 Å². The number of phenolic OH excluding ortho intramolecular Hbond substituents is 1. The maximum Gasteiger partial charge on any atom is 0.259 e. The van der Waals surface area contributed by atoms with Gasteiger partial charge in [-0.15, -0.1) is 0 Å². The van der Waals surface area contributed by atoms with Crippen LogP contribution in [0.25, 0.3) is 0 Å². The predicted molar refractivity (Wildman–Crippen MR) is 82.0 cm³/mol. The Morgan fingerprint density at radius 3 is 2.61 bits per heavy atom. The number of phenols is 1. The molecule has 3 N–H and O–H groups in total. The average Bonchev–Trinajstić information content (AvgIpc) is 3.24. The van der Waals surface area contributed by atoms with Crippen molar-refractivity contribution in [1.82, 2.24) is 5.32 Å². The van der Waals surface area contributed by atoms with Crippen molar-refractivity contribution in [2.45, 2.75) is 44.5 Å². The van der Waals surface area contributed by atoms with E-state index < -0.39 is 24.2 Å². The third-order valence-corrected chi connectivity index (χ3v) is 4.10. The Kier molecular flexibility index (Phi) is 3.54. The third kappa shape index (κ3) is 2.87. The zero-order valence-electron chi connectivity index (χ0n) is 13.2. The Hall–Kier alpha value is -2.18. The first kappa shape index (κ1) is 15.7. The molecule has 6 nitrogen and oxygen atoms in total. The van der Waals surface area contributed by atoms with E-state index in [0.29, 0.717) is 0 Å². The maximum absolute atomic E-state index is 12.3. The fraction of sp³-hybridized carbons (Fsp3) is 0.412. The van der Waals surface area contributed by atoms with Crippen molar-refractivity contribution in [3.05, 3.63) is 41.1 Å². The second kappa shape index (κ2) is 5.18. The first-order valence-electron chi connectivity index (χ1n) is 7.42.